The second kappa shape index (κ2) is 9.14. The maximum Gasteiger partial charge on any atom is 0.328 e. The third-order valence-corrected chi connectivity index (χ3v) is 10.7. The Labute approximate surface area is 253 Å². The molecule has 2 aromatic rings. The van der Waals surface area contributed by atoms with E-state index in [1.807, 2.05) is 0 Å². The van der Waals surface area contributed by atoms with Crippen LogP contribution in [0, 0.1) is 29.5 Å². The van der Waals surface area contributed by atoms with Crippen LogP contribution in [0.2, 0.25) is 0 Å². The zero-order valence-corrected chi connectivity index (χ0v) is 23.6. The zero-order chi connectivity index (χ0) is 30.6. The Morgan fingerprint density at radius 2 is 1.74 bits per heavy atom. The topological polar surface area (TPSA) is 147 Å². The molecule has 13 heteroatoms. The van der Waals surface area contributed by atoms with E-state index in [2.05, 4.69) is 0 Å². The van der Waals surface area contributed by atoms with Gasteiger partial charge in [0.25, 0.3) is 11.8 Å². The molecule has 3 aliphatic heterocycles. The van der Waals surface area contributed by atoms with Gasteiger partial charge in [0, 0.05) is 17.9 Å². The van der Waals surface area contributed by atoms with E-state index >= 15 is 0 Å². The third-order valence-electron chi connectivity index (χ3n) is 9.26. The van der Waals surface area contributed by atoms with Crippen LogP contribution in [0.25, 0.3) is 0 Å². The first-order valence-electron chi connectivity index (χ1n) is 13.5. The van der Waals surface area contributed by atoms with Gasteiger partial charge in [0.05, 0.1) is 23.8 Å². The molecule has 0 bridgehead atoms. The third kappa shape index (κ3) is 3.55. The standard InChI is InChI=1S/C30H22Cl2FN3O7/c31-29-11-20-18(6-7-19-22(20)25(39)36(24(19)38)28(34)42)23(14-9-13-10-17(37)5-8-21(13)43-12-14)30(29,32)27(41)35(26(29)40)16-3-1-15(33)2-4-16/h1-6,8,10,12,19-20,22-23,37H,7,9,11H2,(H2,34,42)/t19-,20+,22-,23-,29+,30-/m0/s1. The fourth-order valence-electron chi connectivity index (χ4n) is 7.43. The first-order chi connectivity index (χ1) is 20.4. The number of anilines is 1. The van der Waals surface area contributed by atoms with Gasteiger partial charge >= 0.3 is 6.03 Å². The number of likely N-dealkylation sites (tertiary alicyclic amines) is 1. The molecule has 0 radical (unpaired) electrons. The number of imide groups is 4. The maximum atomic E-state index is 14.3. The summed E-state index contributed by atoms with van der Waals surface area (Å²) in [4.78, 5) is 64.1. The van der Waals surface area contributed by atoms with Gasteiger partial charge in [-0.2, -0.15) is 4.90 Å². The molecule has 1 saturated carbocycles. The first-order valence-corrected chi connectivity index (χ1v) is 14.2. The van der Waals surface area contributed by atoms with E-state index in [4.69, 9.17) is 33.7 Å². The molecule has 3 heterocycles. The number of phenols is 1. The number of urea groups is 1. The van der Waals surface area contributed by atoms with Crippen molar-refractivity contribution < 1.29 is 38.2 Å². The number of fused-ring (bicyclic) bond motifs is 5. The number of carbonyl (C=O) groups excluding carboxylic acids is 5. The molecule has 0 aromatic heterocycles. The van der Waals surface area contributed by atoms with Crippen molar-refractivity contribution in [3.63, 3.8) is 0 Å². The molecular formula is C30H22Cl2FN3O7. The number of nitrogens with zero attached hydrogens (tertiary/aromatic N) is 2. The Bertz CT molecular complexity index is 1740. The number of ether oxygens (including phenoxy) is 1. The van der Waals surface area contributed by atoms with E-state index in [0.29, 0.717) is 27.4 Å². The molecule has 3 N–H and O–H groups in total. The Balaban J connectivity index is 1.41. The second-order valence-corrected chi connectivity index (χ2v) is 12.6. The summed E-state index contributed by atoms with van der Waals surface area (Å²) in [6, 6.07) is 8.02. The maximum absolute atomic E-state index is 14.3. The van der Waals surface area contributed by atoms with Crippen LogP contribution in [0.5, 0.6) is 11.5 Å². The number of alkyl halides is 2. The molecule has 10 nitrogen and oxygen atoms in total. The van der Waals surface area contributed by atoms with Crippen molar-refractivity contribution in [3.8, 4) is 11.5 Å². The summed E-state index contributed by atoms with van der Waals surface area (Å²) >= 11 is 14.6. The van der Waals surface area contributed by atoms with Crippen molar-refractivity contribution in [2.24, 2.45) is 29.4 Å². The van der Waals surface area contributed by atoms with E-state index in [-0.39, 0.29) is 30.7 Å². The van der Waals surface area contributed by atoms with Crippen molar-refractivity contribution in [1.82, 2.24) is 4.90 Å². The monoisotopic (exact) mass is 625 g/mol. The lowest BCUT2D eigenvalue weighted by Crippen LogP contribution is -2.61. The van der Waals surface area contributed by atoms with E-state index in [0.717, 1.165) is 17.0 Å². The minimum Gasteiger partial charge on any atom is -0.508 e. The molecule has 220 valence electrons. The van der Waals surface area contributed by atoms with Crippen LogP contribution in [-0.4, -0.2) is 49.4 Å². The summed E-state index contributed by atoms with van der Waals surface area (Å²) in [6.07, 6.45) is 3.02. The fraction of sp³-hybridized carbons (Fsp3) is 0.300. The van der Waals surface area contributed by atoms with E-state index < -0.39 is 68.9 Å². The van der Waals surface area contributed by atoms with E-state index in [1.165, 1.54) is 30.5 Å². The molecule has 6 atom stereocenters. The summed E-state index contributed by atoms with van der Waals surface area (Å²) in [5.41, 5.74) is 6.94. The molecular weight excluding hydrogens is 604 g/mol. The van der Waals surface area contributed by atoms with Crippen LogP contribution >= 0.6 is 23.2 Å². The first kappa shape index (κ1) is 27.6. The summed E-state index contributed by atoms with van der Waals surface area (Å²) in [6.45, 7) is 0. The summed E-state index contributed by atoms with van der Waals surface area (Å²) in [7, 11) is 0. The number of amides is 6. The average molecular weight is 626 g/mol. The van der Waals surface area contributed by atoms with Crippen molar-refractivity contribution in [2.75, 3.05) is 4.90 Å². The molecule has 3 fully saturated rings. The largest absolute Gasteiger partial charge is 0.508 e. The smallest absolute Gasteiger partial charge is 0.328 e. The second-order valence-electron chi connectivity index (χ2n) is 11.4. The highest BCUT2D eigenvalue weighted by molar-refractivity contribution is 6.58. The molecule has 2 aromatic carbocycles. The predicted molar refractivity (Wildman–Crippen MR) is 149 cm³/mol. The van der Waals surface area contributed by atoms with Crippen molar-refractivity contribution in [3.05, 3.63) is 77.3 Å². The van der Waals surface area contributed by atoms with Crippen LogP contribution in [-0.2, 0) is 25.6 Å². The van der Waals surface area contributed by atoms with Gasteiger partial charge in [0.1, 0.15) is 17.3 Å². The van der Waals surface area contributed by atoms with Gasteiger partial charge in [-0.05, 0) is 66.8 Å². The summed E-state index contributed by atoms with van der Waals surface area (Å²) in [5, 5.41) is 10.1. The number of rotatable bonds is 2. The van der Waals surface area contributed by atoms with Gasteiger partial charge < -0.3 is 15.6 Å². The lowest BCUT2D eigenvalue weighted by atomic mass is 9.56. The molecule has 0 unspecified atom stereocenters. The highest BCUT2D eigenvalue weighted by atomic mass is 35.5. The van der Waals surface area contributed by atoms with Crippen molar-refractivity contribution in [2.45, 2.75) is 29.0 Å². The minimum atomic E-state index is -2.13. The van der Waals surface area contributed by atoms with Crippen molar-refractivity contribution >= 4 is 58.5 Å². The fourth-order valence-corrected chi connectivity index (χ4v) is 8.38. The molecule has 6 amide bonds. The Morgan fingerprint density at radius 3 is 2.44 bits per heavy atom. The van der Waals surface area contributed by atoms with Crippen molar-refractivity contribution in [1.29, 1.82) is 0 Å². The summed E-state index contributed by atoms with van der Waals surface area (Å²) < 4.78 is 19.6. The van der Waals surface area contributed by atoms with Gasteiger partial charge in [0.15, 0.2) is 9.75 Å². The zero-order valence-electron chi connectivity index (χ0n) is 22.1. The van der Waals surface area contributed by atoms with Gasteiger partial charge in [-0.15, -0.1) is 23.2 Å². The van der Waals surface area contributed by atoms with Gasteiger partial charge in [-0.1, -0.05) is 11.6 Å². The predicted octanol–water partition coefficient (Wildman–Crippen LogP) is 3.52. The molecule has 2 saturated heterocycles. The number of carbonyl (C=O) groups is 5. The lowest BCUT2D eigenvalue weighted by molar-refractivity contribution is -0.136. The number of allylic oxidation sites excluding steroid dienone is 3. The van der Waals surface area contributed by atoms with Crippen LogP contribution in [0.1, 0.15) is 18.4 Å². The molecule has 2 aliphatic carbocycles. The number of phenolic OH excluding ortho intramolecular Hbond substituents is 1. The SMILES string of the molecule is NC(=O)N1C(=O)[C@H]2[C@H](CC=C3[C@H](C4=COc5ccc(O)cc5C4)[C@]4(Cl)C(=O)N(c5ccc(F)cc5)C(=O)[C@]4(Cl)C[C@H]32)C1=O. The van der Waals surface area contributed by atoms with Crippen LogP contribution < -0.4 is 15.4 Å². The highest BCUT2D eigenvalue weighted by Crippen LogP contribution is 2.65. The summed E-state index contributed by atoms with van der Waals surface area (Å²) in [5.74, 6) is -7.39. The number of benzene rings is 2. The lowest BCUT2D eigenvalue weighted by Gasteiger charge is -2.51. The van der Waals surface area contributed by atoms with E-state index in [9.17, 15) is 33.5 Å². The Hall–Kier alpha value is -4.22. The number of hydrogen-bond donors (Lipinski definition) is 2. The number of nitrogens with two attached hydrogens (primary N) is 1. The van der Waals surface area contributed by atoms with Crippen LogP contribution in [0.15, 0.2) is 65.9 Å². The highest BCUT2D eigenvalue weighted by Gasteiger charge is 2.77. The Kier molecular flexibility index (Phi) is 5.87. The number of hydrogen-bond acceptors (Lipinski definition) is 7. The number of primary amides is 1. The molecule has 7 rings (SSSR count). The normalized spacial score (nSPS) is 32.8. The quantitative estimate of drug-likeness (QED) is 0.295. The van der Waals surface area contributed by atoms with Crippen LogP contribution in [0.4, 0.5) is 14.9 Å². The Morgan fingerprint density at radius 1 is 1.02 bits per heavy atom. The minimum absolute atomic E-state index is 0.0201. The van der Waals surface area contributed by atoms with Gasteiger partial charge in [-0.3, -0.25) is 19.2 Å². The van der Waals surface area contributed by atoms with Crippen LogP contribution in [0.3, 0.4) is 0 Å². The average Bonchev–Trinajstić information content (AvgIpc) is 3.31. The number of halogens is 3. The molecule has 0 spiro atoms. The number of aromatic hydroxyl groups is 1. The van der Waals surface area contributed by atoms with Gasteiger partial charge in [-0.25, -0.2) is 14.1 Å². The van der Waals surface area contributed by atoms with E-state index in [1.54, 1.807) is 12.1 Å². The van der Waals surface area contributed by atoms with Gasteiger partial charge in [0.2, 0.25) is 11.8 Å². The molecule has 43 heavy (non-hydrogen) atoms. The molecule has 5 aliphatic rings.